The van der Waals surface area contributed by atoms with Gasteiger partial charge in [-0.1, -0.05) is 48.7 Å². The van der Waals surface area contributed by atoms with Gasteiger partial charge in [-0.15, -0.1) is 6.58 Å². The predicted octanol–water partition coefficient (Wildman–Crippen LogP) is 4.81. The molecule has 1 rings (SSSR count). The first-order chi connectivity index (χ1) is 7.24. The molecular formula is C14H16S. The van der Waals surface area contributed by atoms with Crippen molar-refractivity contribution in [1.29, 1.82) is 0 Å². The Morgan fingerprint density at radius 1 is 1.33 bits per heavy atom. The van der Waals surface area contributed by atoms with Crippen LogP contribution >= 0.6 is 11.8 Å². The molecule has 0 bridgehead atoms. The summed E-state index contributed by atoms with van der Waals surface area (Å²) in [5.41, 5.74) is 1.10. The topological polar surface area (TPSA) is 0 Å². The molecule has 0 spiro atoms. The van der Waals surface area contributed by atoms with Gasteiger partial charge in [0.15, 0.2) is 0 Å². The molecule has 0 aliphatic heterocycles. The number of hydrogen-bond donors (Lipinski definition) is 0. The van der Waals surface area contributed by atoms with Gasteiger partial charge >= 0.3 is 0 Å². The lowest BCUT2D eigenvalue weighted by Crippen LogP contribution is -1.79. The van der Waals surface area contributed by atoms with Crippen LogP contribution in [0.15, 0.2) is 71.0 Å². The van der Waals surface area contributed by atoms with Crippen LogP contribution in [0.3, 0.4) is 0 Å². The Balaban J connectivity index is 2.76. The fraction of sp³-hybridized carbons (Fsp3) is 0.143. The van der Waals surface area contributed by atoms with Gasteiger partial charge in [0.1, 0.15) is 0 Å². The summed E-state index contributed by atoms with van der Waals surface area (Å²) in [6.07, 6.45) is 4.95. The summed E-state index contributed by atoms with van der Waals surface area (Å²) < 4.78 is 0. The molecular weight excluding hydrogens is 200 g/mol. The fourth-order valence-electron chi connectivity index (χ4n) is 1.11. The molecule has 0 saturated heterocycles. The minimum absolute atomic E-state index is 0.891. The highest BCUT2D eigenvalue weighted by molar-refractivity contribution is 8.03. The second kappa shape index (κ2) is 6.31. The van der Waals surface area contributed by atoms with Crippen molar-refractivity contribution in [3.8, 4) is 0 Å². The van der Waals surface area contributed by atoms with Gasteiger partial charge in [-0.05, 0) is 31.1 Å². The van der Waals surface area contributed by atoms with Crippen LogP contribution in [0.4, 0.5) is 0 Å². The number of thioether (sulfide) groups is 1. The summed E-state index contributed by atoms with van der Waals surface area (Å²) in [5, 5.41) is 0. The zero-order chi connectivity index (χ0) is 11.1. The lowest BCUT2D eigenvalue weighted by Gasteiger charge is -2.06. The first kappa shape index (κ1) is 11.9. The standard InChI is InChI=1S/C14H16S/c1-4-5-11-14(12(2)3)15-13-9-7-6-8-10-13/h4,6-11H,1-2,5H2,3H3/b14-11-. The van der Waals surface area contributed by atoms with Crippen LogP contribution in [-0.2, 0) is 0 Å². The van der Waals surface area contributed by atoms with E-state index in [1.807, 2.05) is 31.2 Å². The lowest BCUT2D eigenvalue weighted by molar-refractivity contribution is 1.36. The molecule has 0 radical (unpaired) electrons. The highest BCUT2D eigenvalue weighted by atomic mass is 32.2. The normalized spacial score (nSPS) is 11.1. The van der Waals surface area contributed by atoms with Crippen molar-refractivity contribution in [1.82, 2.24) is 0 Å². The SMILES string of the molecule is C=CC/C=C(\Sc1ccccc1)C(=C)C. The molecule has 0 amide bonds. The lowest BCUT2D eigenvalue weighted by atomic mass is 10.3. The van der Waals surface area contributed by atoms with Crippen LogP contribution in [0.1, 0.15) is 13.3 Å². The third-order valence-electron chi connectivity index (χ3n) is 1.86. The quantitative estimate of drug-likeness (QED) is 0.386. The van der Waals surface area contributed by atoms with Gasteiger partial charge in [-0.25, -0.2) is 0 Å². The molecule has 0 saturated carbocycles. The fourth-order valence-corrected chi connectivity index (χ4v) is 2.01. The van der Waals surface area contributed by atoms with Gasteiger partial charge in [0.2, 0.25) is 0 Å². The number of rotatable bonds is 5. The van der Waals surface area contributed by atoms with Crippen LogP contribution in [0.5, 0.6) is 0 Å². The monoisotopic (exact) mass is 216 g/mol. The van der Waals surface area contributed by atoms with E-state index in [1.165, 1.54) is 9.80 Å². The third kappa shape index (κ3) is 4.22. The molecule has 0 N–H and O–H groups in total. The first-order valence-corrected chi connectivity index (χ1v) is 5.75. The molecule has 0 fully saturated rings. The second-order valence-corrected chi connectivity index (χ2v) is 4.40. The first-order valence-electron chi connectivity index (χ1n) is 4.94. The zero-order valence-electron chi connectivity index (χ0n) is 9.07. The minimum Gasteiger partial charge on any atom is -0.103 e. The van der Waals surface area contributed by atoms with Crippen molar-refractivity contribution < 1.29 is 0 Å². The molecule has 15 heavy (non-hydrogen) atoms. The van der Waals surface area contributed by atoms with Crippen LogP contribution in [0.25, 0.3) is 0 Å². The van der Waals surface area contributed by atoms with E-state index in [0.717, 1.165) is 12.0 Å². The largest absolute Gasteiger partial charge is 0.103 e. The van der Waals surface area contributed by atoms with Gasteiger partial charge in [-0.3, -0.25) is 0 Å². The average Bonchev–Trinajstić information content (AvgIpc) is 2.25. The Labute approximate surface area is 96.4 Å². The van der Waals surface area contributed by atoms with Gasteiger partial charge in [-0.2, -0.15) is 0 Å². The molecule has 0 aromatic heterocycles. The van der Waals surface area contributed by atoms with Gasteiger partial charge in [0.05, 0.1) is 0 Å². The Morgan fingerprint density at radius 2 is 2.00 bits per heavy atom. The Morgan fingerprint density at radius 3 is 2.53 bits per heavy atom. The maximum atomic E-state index is 3.98. The molecule has 1 heteroatoms. The van der Waals surface area contributed by atoms with Gasteiger partial charge < -0.3 is 0 Å². The van der Waals surface area contributed by atoms with E-state index in [1.54, 1.807) is 11.8 Å². The van der Waals surface area contributed by atoms with Gasteiger partial charge in [0.25, 0.3) is 0 Å². The van der Waals surface area contributed by atoms with E-state index in [2.05, 4.69) is 31.4 Å². The summed E-state index contributed by atoms with van der Waals surface area (Å²) in [5.74, 6) is 0. The summed E-state index contributed by atoms with van der Waals surface area (Å²) >= 11 is 1.75. The summed E-state index contributed by atoms with van der Waals surface area (Å²) in [4.78, 5) is 2.47. The van der Waals surface area contributed by atoms with Crippen molar-refractivity contribution in [3.63, 3.8) is 0 Å². The smallest absolute Gasteiger partial charge is 0.0122 e. The van der Waals surface area contributed by atoms with Crippen molar-refractivity contribution in [2.45, 2.75) is 18.2 Å². The summed E-state index contributed by atoms with van der Waals surface area (Å²) in [6.45, 7) is 9.73. The van der Waals surface area contributed by atoms with E-state index in [0.29, 0.717) is 0 Å². The third-order valence-corrected chi connectivity index (χ3v) is 3.10. The number of benzene rings is 1. The second-order valence-electron chi connectivity index (χ2n) is 3.29. The molecule has 0 atom stereocenters. The van der Waals surface area contributed by atoms with Crippen molar-refractivity contribution in [2.75, 3.05) is 0 Å². The van der Waals surface area contributed by atoms with Gasteiger partial charge in [0, 0.05) is 9.80 Å². The molecule has 0 nitrogen and oxygen atoms in total. The van der Waals surface area contributed by atoms with Crippen LogP contribution in [-0.4, -0.2) is 0 Å². The minimum atomic E-state index is 0.891. The average molecular weight is 216 g/mol. The zero-order valence-corrected chi connectivity index (χ0v) is 9.89. The molecule has 1 aromatic carbocycles. The maximum Gasteiger partial charge on any atom is 0.0122 e. The van der Waals surface area contributed by atoms with Crippen molar-refractivity contribution in [2.24, 2.45) is 0 Å². The van der Waals surface area contributed by atoms with E-state index >= 15 is 0 Å². The Bertz CT molecular complexity index is 360. The van der Waals surface area contributed by atoms with Crippen LogP contribution in [0.2, 0.25) is 0 Å². The molecule has 78 valence electrons. The predicted molar refractivity (Wildman–Crippen MR) is 70.0 cm³/mol. The molecule has 0 aliphatic carbocycles. The van der Waals surface area contributed by atoms with Crippen LogP contribution in [0, 0.1) is 0 Å². The highest BCUT2D eigenvalue weighted by Crippen LogP contribution is 2.30. The number of allylic oxidation sites excluding steroid dienone is 3. The van der Waals surface area contributed by atoms with E-state index in [-0.39, 0.29) is 0 Å². The van der Waals surface area contributed by atoms with E-state index in [4.69, 9.17) is 0 Å². The summed E-state index contributed by atoms with van der Waals surface area (Å²) in [7, 11) is 0. The Hall–Kier alpha value is -1.21. The molecule has 0 aliphatic rings. The summed E-state index contributed by atoms with van der Waals surface area (Å²) in [6, 6.07) is 10.3. The number of hydrogen-bond acceptors (Lipinski definition) is 1. The van der Waals surface area contributed by atoms with Crippen LogP contribution < -0.4 is 0 Å². The molecule has 1 aromatic rings. The van der Waals surface area contributed by atoms with Crippen molar-refractivity contribution >= 4 is 11.8 Å². The highest BCUT2D eigenvalue weighted by Gasteiger charge is 2.00. The Kier molecular flexibility index (Phi) is 4.99. The van der Waals surface area contributed by atoms with E-state index in [9.17, 15) is 0 Å². The molecule has 0 heterocycles. The maximum absolute atomic E-state index is 3.98. The molecule has 0 unspecified atom stereocenters. The van der Waals surface area contributed by atoms with Crippen molar-refractivity contribution in [3.05, 3.63) is 66.1 Å². The van der Waals surface area contributed by atoms with E-state index < -0.39 is 0 Å².